The van der Waals surface area contributed by atoms with E-state index in [0.29, 0.717) is 6.54 Å². The third-order valence-electron chi connectivity index (χ3n) is 2.45. The van der Waals surface area contributed by atoms with Gasteiger partial charge in [-0.3, -0.25) is 4.79 Å². The molecule has 0 aromatic rings. The molecule has 0 atom stereocenters. The molecule has 0 unspecified atom stereocenters. The van der Waals surface area contributed by atoms with E-state index < -0.39 is 0 Å². The smallest absolute Gasteiger partial charge is 0.319 e. The summed E-state index contributed by atoms with van der Waals surface area (Å²) in [4.78, 5) is 10.7. The van der Waals surface area contributed by atoms with E-state index in [9.17, 15) is 4.79 Å². The minimum Gasteiger partial charge on any atom is -0.468 e. The lowest BCUT2D eigenvalue weighted by atomic mass is 9.83. The van der Waals surface area contributed by atoms with Gasteiger partial charge in [-0.2, -0.15) is 0 Å². The minimum absolute atomic E-state index is 0.177. The van der Waals surface area contributed by atoms with Crippen LogP contribution in [0.25, 0.3) is 0 Å². The van der Waals surface area contributed by atoms with Crippen LogP contribution in [0.4, 0.5) is 0 Å². The summed E-state index contributed by atoms with van der Waals surface area (Å²) in [7, 11) is 1.41. The number of methoxy groups -OCH3 is 1. The Labute approximate surface area is 73.5 Å². The lowest BCUT2D eigenvalue weighted by Gasteiger charge is -2.24. The van der Waals surface area contributed by atoms with Crippen molar-refractivity contribution in [2.24, 2.45) is 5.92 Å². The molecule has 3 heteroatoms. The summed E-state index contributed by atoms with van der Waals surface area (Å²) < 4.78 is 4.50. The maximum atomic E-state index is 10.7. The van der Waals surface area contributed by atoms with Crippen LogP contribution in [-0.4, -0.2) is 26.2 Å². The number of carbonyl (C=O) groups is 1. The Morgan fingerprint density at radius 1 is 1.58 bits per heavy atom. The highest BCUT2D eigenvalue weighted by molar-refractivity contribution is 5.71. The summed E-state index contributed by atoms with van der Waals surface area (Å²) in [5.74, 6) is 0.735. The molecule has 1 N–H and O–H groups in total. The molecule has 0 saturated heterocycles. The second-order valence-corrected chi connectivity index (χ2v) is 3.34. The Morgan fingerprint density at radius 2 is 2.33 bits per heavy atom. The number of esters is 1. The molecule has 0 amide bonds. The van der Waals surface area contributed by atoms with Crippen molar-refractivity contribution in [1.29, 1.82) is 0 Å². The zero-order valence-corrected chi connectivity index (χ0v) is 7.64. The SMILES string of the molecule is COC(=O)CNCCC1CCC1. The maximum absolute atomic E-state index is 10.7. The summed E-state index contributed by atoms with van der Waals surface area (Å²) in [6.07, 6.45) is 5.35. The first-order chi connectivity index (χ1) is 5.83. The molecule has 0 radical (unpaired) electrons. The van der Waals surface area contributed by atoms with Crippen molar-refractivity contribution in [3.05, 3.63) is 0 Å². The van der Waals surface area contributed by atoms with Crippen LogP contribution in [0, 0.1) is 5.92 Å². The van der Waals surface area contributed by atoms with Crippen LogP contribution >= 0.6 is 0 Å². The van der Waals surface area contributed by atoms with E-state index in [1.165, 1.54) is 32.8 Å². The Hall–Kier alpha value is -0.570. The first-order valence-electron chi connectivity index (χ1n) is 4.60. The van der Waals surface area contributed by atoms with Crippen LogP contribution < -0.4 is 5.32 Å². The minimum atomic E-state index is -0.177. The van der Waals surface area contributed by atoms with Crippen LogP contribution in [0.2, 0.25) is 0 Å². The Morgan fingerprint density at radius 3 is 2.83 bits per heavy atom. The largest absolute Gasteiger partial charge is 0.468 e. The van der Waals surface area contributed by atoms with Crippen LogP contribution in [0.3, 0.4) is 0 Å². The molecule has 70 valence electrons. The number of carbonyl (C=O) groups excluding carboxylic acids is 1. The monoisotopic (exact) mass is 171 g/mol. The number of nitrogens with one attached hydrogen (secondary N) is 1. The van der Waals surface area contributed by atoms with Crippen molar-refractivity contribution >= 4 is 5.97 Å². The van der Waals surface area contributed by atoms with Gasteiger partial charge in [-0.1, -0.05) is 19.3 Å². The van der Waals surface area contributed by atoms with E-state index in [1.54, 1.807) is 0 Å². The molecule has 1 saturated carbocycles. The van der Waals surface area contributed by atoms with Gasteiger partial charge in [0.15, 0.2) is 0 Å². The van der Waals surface area contributed by atoms with Crippen LogP contribution in [-0.2, 0) is 9.53 Å². The first kappa shape index (κ1) is 9.52. The summed E-state index contributed by atoms with van der Waals surface area (Å²) in [6, 6.07) is 0. The molecule has 0 aromatic heterocycles. The second-order valence-electron chi connectivity index (χ2n) is 3.34. The molecular weight excluding hydrogens is 154 g/mol. The third kappa shape index (κ3) is 3.22. The molecule has 3 nitrogen and oxygen atoms in total. The summed E-state index contributed by atoms with van der Waals surface area (Å²) in [6.45, 7) is 1.29. The molecule has 1 fully saturated rings. The predicted molar refractivity (Wildman–Crippen MR) is 46.8 cm³/mol. The summed E-state index contributed by atoms with van der Waals surface area (Å²) in [5, 5.41) is 3.06. The van der Waals surface area contributed by atoms with Gasteiger partial charge in [-0.15, -0.1) is 0 Å². The molecule has 0 bridgehead atoms. The maximum Gasteiger partial charge on any atom is 0.319 e. The molecule has 12 heavy (non-hydrogen) atoms. The quantitative estimate of drug-likeness (QED) is 0.494. The normalized spacial score (nSPS) is 17.1. The van der Waals surface area contributed by atoms with E-state index in [2.05, 4.69) is 10.1 Å². The number of rotatable bonds is 5. The van der Waals surface area contributed by atoms with Crippen molar-refractivity contribution in [3.8, 4) is 0 Å². The average Bonchev–Trinajstić information content (AvgIpc) is 2.00. The first-order valence-corrected chi connectivity index (χ1v) is 4.60. The summed E-state index contributed by atoms with van der Waals surface area (Å²) in [5.41, 5.74) is 0. The van der Waals surface area contributed by atoms with Crippen LogP contribution in [0.15, 0.2) is 0 Å². The van der Waals surface area contributed by atoms with Gasteiger partial charge in [0.1, 0.15) is 0 Å². The molecule has 1 rings (SSSR count). The fraction of sp³-hybridized carbons (Fsp3) is 0.889. The van der Waals surface area contributed by atoms with Crippen molar-refractivity contribution in [2.75, 3.05) is 20.2 Å². The Kier molecular flexibility index (Phi) is 4.08. The molecule has 0 aliphatic heterocycles. The van der Waals surface area contributed by atoms with E-state index in [1.807, 2.05) is 0 Å². The van der Waals surface area contributed by atoms with Gasteiger partial charge >= 0.3 is 5.97 Å². The van der Waals surface area contributed by atoms with Crippen molar-refractivity contribution < 1.29 is 9.53 Å². The van der Waals surface area contributed by atoms with Gasteiger partial charge in [0.05, 0.1) is 13.7 Å². The third-order valence-corrected chi connectivity index (χ3v) is 2.45. The van der Waals surface area contributed by atoms with Crippen molar-refractivity contribution in [2.45, 2.75) is 25.7 Å². The van der Waals surface area contributed by atoms with Gasteiger partial charge < -0.3 is 10.1 Å². The average molecular weight is 171 g/mol. The van der Waals surface area contributed by atoms with Crippen LogP contribution in [0.5, 0.6) is 0 Å². The highest BCUT2D eigenvalue weighted by Crippen LogP contribution is 2.28. The Balaban J connectivity index is 1.85. The number of hydrogen-bond acceptors (Lipinski definition) is 3. The zero-order chi connectivity index (χ0) is 8.81. The van der Waals surface area contributed by atoms with Crippen LogP contribution in [0.1, 0.15) is 25.7 Å². The van der Waals surface area contributed by atoms with Crippen molar-refractivity contribution in [1.82, 2.24) is 5.32 Å². The lowest BCUT2D eigenvalue weighted by Crippen LogP contribution is -2.27. The van der Waals surface area contributed by atoms with Gasteiger partial charge in [0.2, 0.25) is 0 Å². The number of hydrogen-bond donors (Lipinski definition) is 1. The van der Waals surface area contributed by atoms with E-state index in [0.717, 1.165) is 12.5 Å². The van der Waals surface area contributed by atoms with E-state index >= 15 is 0 Å². The molecule has 0 spiro atoms. The predicted octanol–water partition coefficient (Wildman–Crippen LogP) is 0.939. The second kappa shape index (κ2) is 5.14. The molecule has 0 aromatic carbocycles. The molecular formula is C9H17NO2. The highest BCUT2D eigenvalue weighted by Gasteiger charge is 2.16. The number of ether oxygens (including phenoxy) is 1. The Bertz CT molecular complexity index is 143. The lowest BCUT2D eigenvalue weighted by molar-refractivity contribution is -0.139. The standard InChI is InChI=1S/C9H17NO2/c1-12-9(11)7-10-6-5-8-3-2-4-8/h8,10H,2-7H2,1H3. The van der Waals surface area contributed by atoms with Gasteiger partial charge in [-0.05, 0) is 18.9 Å². The molecule has 1 aliphatic carbocycles. The fourth-order valence-corrected chi connectivity index (χ4v) is 1.35. The summed E-state index contributed by atoms with van der Waals surface area (Å²) >= 11 is 0. The zero-order valence-electron chi connectivity index (χ0n) is 7.64. The highest BCUT2D eigenvalue weighted by atomic mass is 16.5. The van der Waals surface area contributed by atoms with E-state index in [-0.39, 0.29) is 5.97 Å². The molecule has 1 aliphatic rings. The topological polar surface area (TPSA) is 38.3 Å². The van der Waals surface area contributed by atoms with Gasteiger partial charge in [-0.25, -0.2) is 0 Å². The van der Waals surface area contributed by atoms with Gasteiger partial charge in [0, 0.05) is 0 Å². The fourth-order valence-electron chi connectivity index (χ4n) is 1.35. The van der Waals surface area contributed by atoms with Crippen molar-refractivity contribution in [3.63, 3.8) is 0 Å². The van der Waals surface area contributed by atoms with E-state index in [4.69, 9.17) is 0 Å². The van der Waals surface area contributed by atoms with Gasteiger partial charge in [0.25, 0.3) is 0 Å². The molecule has 0 heterocycles.